The van der Waals surface area contributed by atoms with Gasteiger partial charge in [-0.2, -0.15) is 0 Å². The van der Waals surface area contributed by atoms with Crippen LogP contribution in [0.5, 0.6) is 0 Å². The lowest BCUT2D eigenvalue weighted by atomic mass is 10.2. The molecule has 21 heavy (non-hydrogen) atoms. The quantitative estimate of drug-likeness (QED) is 0.866. The van der Waals surface area contributed by atoms with Crippen LogP contribution in [0.4, 0.5) is 5.82 Å². The molecule has 0 bridgehead atoms. The summed E-state index contributed by atoms with van der Waals surface area (Å²) in [6.07, 6.45) is 0.0392. The lowest BCUT2D eigenvalue weighted by Gasteiger charge is -2.32. The van der Waals surface area contributed by atoms with Gasteiger partial charge in [-0.15, -0.1) is 11.3 Å². The van der Waals surface area contributed by atoms with Crippen molar-refractivity contribution < 1.29 is 4.74 Å². The van der Waals surface area contributed by atoms with E-state index in [-0.39, 0.29) is 6.10 Å². The van der Waals surface area contributed by atoms with E-state index < -0.39 is 0 Å². The van der Waals surface area contributed by atoms with Crippen molar-refractivity contribution in [1.29, 1.82) is 0 Å². The fourth-order valence-electron chi connectivity index (χ4n) is 2.44. The Morgan fingerprint density at radius 3 is 3.10 bits per heavy atom. The first kappa shape index (κ1) is 14.4. The molecular formula is C15H20N4OS. The summed E-state index contributed by atoms with van der Waals surface area (Å²) in [7, 11) is 4.00. The van der Waals surface area contributed by atoms with Crippen LogP contribution in [0.3, 0.4) is 0 Å². The first-order valence-electron chi connectivity index (χ1n) is 7.07. The Bertz CT molecular complexity index is 573. The predicted molar refractivity (Wildman–Crippen MR) is 84.6 cm³/mol. The first-order chi connectivity index (χ1) is 10.2. The number of ether oxygens (including phenoxy) is 1. The molecule has 0 unspecified atom stereocenters. The maximum absolute atomic E-state index is 5.91. The van der Waals surface area contributed by atoms with Crippen LogP contribution in [0.25, 0.3) is 0 Å². The average Bonchev–Trinajstić information content (AvgIpc) is 3.00. The van der Waals surface area contributed by atoms with Gasteiger partial charge in [-0.3, -0.25) is 4.90 Å². The Hall–Kier alpha value is -1.50. The van der Waals surface area contributed by atoms with Crippen molar-refractivity contribution >= 4 is 17.2 Å². The van der Waals surface area contributed by atoms with Gasteiger partial charge in [0.1, 0.15) is 11.9 Å². The molecule has 0 aliphatic carbocycles. The van der Waals surface area contributed by atoms with Gasteiger partial charge in [-0.25, -0.2) is 9.97 Å². The molecule has 1 fully saturated rings. The number of hydrogen-bond donors (Lipinski definition) is 0. The van der Waals surface area contributed by atoms with Crippen molar-refractivity contribution in [2.24, 2.45) is 0 Å². The molecule has 0 N–H and O–H groups in total. The third kappa shape index (κ3) is 3.58. The van der Waals surface area contributed by atoms with E-state index in [1.165, 1.54) is 0 Å². The largest absolute Gasteiger partial charge is 0.369 e. The van der Waals surface area contributed by atoms with E-state index in [1.54, 1.807) is 11.3 Å². The zero-order valence-corrected chi connectivity index (χ0v) is 13.2. The van der Waals surface area contributed by atoms with Crippen LogP contribution >= 0.6 is 11.3 Å². The number of anilines is 1. The van der Waals surface area contributed by atoms with Gasteiger partial charge in [0, 0.05) is 39.1 Å². The van der Waals surface area contributed by atoms with E-state index >= 15 is 0 Å². The van der Waals surface area contributed by atoms with E-state index in [1.807, 2.05) is 42.7 Å². The summed E-state index contributed by atoms with van der Waals surface area (Å²) in [5.41, 5.74) is 4.02. The Kier molecular flexibility index (Phi) is 4.48. The molecule has 112 valence electrons. The van der Waals surface area contributed by atoms with Crippen LogP contribution < -0.4 is 4.90 Å². The minimum absolute atomic E-state index is 0.0392. The number of thiazole rings is 1. The van der Waals surface area contributed by atoms with Gasteiger partial charge in [0.15, 0.2) is 0 Å². The van der Waals surface area contributed by atoms with Gasteiger partial charge >= 0.3 is 0 Å². The Morgan fingerprint density at radius 2 is 2.33 bits per heavy atom. The first-order valence-corrected chi connectivity index (χ1v) is 8.02. The molecule has 0 aromatic carbocycles. The molecule has 1 atom stereocenters. The predicted octanol–water partition coefficient (Wildman–Crippen LogP) is 2.18. The number of pyridine rings is 1. The summed E-state index contributed by atoms with van der Waals surface area (Å²) in [6.45, 7) is 3.43. The van der Waals surface area contributed by atoms with Crippen LogP contribution in [0.2, 0.25) is 0 Å². The van der Waals surface area contributed by atoms with Gasteiger partial charge in [0.05, 0.1) is 23.5 Å². The smallest absolute Gasteiger partial charge is 0.128 e. The second-order valence-electron chi connectivity index (χ2n) is 5.39. The summed E-state index contributed by atoms with van der Waals surface area (Å²) in [4.78, 5) is 13.4. The molecule has 1 aliphatic heterocycles. The van der Waals surface area contributed by atoms with Gasteiger partial charge in [0.2, 0.25) is 0 Å². The SMILES string of the molecule is CN(C)c1cccc([C@@H]2CN(Cc3cscn3)CCO2)n1. The molecule has 0 radical (unpaired) electrons. The Labute approximate surface area is 129 Å². The highest BCUT2D eigenvalue weighted by molar-refractivity contribution is 7.07. The second kappa shape index (κ2) is 6.51. The molecule has 6 heteroatoms. The summed E-state index contributed by atoms with van der Waals surface area (Å²) in [6, 6.07) is 6.10. The Balaban J connectivity index is 1.69. The summed E-state index contributed by atoms with van der Waals surface area (Å²) in [5, 5.41) is 2.11. The maximum Gasteiger partial charge on any atom is 0.128 e. The van der Waals surface area contributed by atoms with E-state index in [0.717, 1.165) is 43.4 Å². The molecule has 2 aromatic heterocycles. The van der Waals surface area contributed by atoms with Crippen LogP contribution in [0.15, 0.2) is 29.1 Å². The third-order valence-electron chi connectivity index (χ3n) is 3.56. The number of hydrogen-bond acceptors (Lipinski definition) is 6. The van der Waals surface area contributed by atoms with Crippen LogP contribution in [-0.4, -0.2) is 48.7 Å². The van der Waals surface area contributed by atoms with Crippen LogP contribution in [0.1, 0.15) is 17.5 Å². The minimum Gasteiger partial charge on any atom is -0.369 e. The van der Waals surface area contributed by atoms with Crippen molar-refractivity contribution in [2.75, 3.05) is 38.7 Å². The lowest BCUT2D eigenvalue weighted by molar-refractivity contribution is -0.0352. The normalized spacial score (nSPS) is 19.6. The maximum atomic E-state index is 5.91. The van der Waals surface area contributed by atoms with Crippen molar-refractivity contribution in [1.82, 2.24) is 14.9 Å². The van der Waals surface area contributed by atoms with Gasteiger partial charge in [0.25, 0.3) is 0 Å². The molecule has 3 rings (SSSR count). The lowest BCUT2D eigenvalue weighted by Crippen LogP contribution is -2.38. The van der Waals surface area contributed by atoms with Gasteiger partial charge < -0.3 is 9.64 Å². The van der Waals surface area contributed by atoms with Crippen molar-refractivity contribution in [3.63, 3.8) is 0 Å². The van der Waals surface area contributed by atoms with E-state index in [4.69, 9.17) is 4.74 Å². The topological polar surface area (TPSA) is 41.5 Å². The zero-order valence-electron chi connectivity index (χ0n) is 12.4. The summed E-state index contributed by atoms with van der Waals surface area (Å²) >= 11 is 1.64. The van der Waals surface area contributed by atoms with E-state index in [2.05, 4.69) is 20.2 Å². The van der Waals surface area contributed by atoms with Crippen LogP contribution in [-0.2, 0) is 11.3 Å². The van der Waals surface area contributed by atoms with Crippen molar-refractivity contribution in [3.05, 3.63) is 40.5 Å². The Morgan fingerprint density at radius 1 is 1.43 bits per heavy atom. The number of aromatic nitrogens is 2. The standard InChI is InChI=1S/C15H20N4OS/c1-18(2)15-5-3-4-13(17-15)14-9-19(6-7-20-14)8-12-10-21-11-16-12/h3-5,10-11,14H,6-9H2,1-2H3/t14-/m0/s1. The number of rotatable bonds is 4. The van der Waals surface area contributed by atoms with E-state index in [9.17, 15) is 0 Å². The zero-order chi connectivity index (χ0) is 14.7. The summed E-state index contributed by atoms with van der Waals surface area (Å²) in [5.74, 6) is 0.965. The molecule has 1 saturated heterocycles. The molecule has 1 aliphatic rings. The summed E-state index contributed by atoms with van der Waals surface area (Å²) < 4.78 is 5.91. The highest BCUT2D eigenvalue weighted by Crippen LogP contribution is 2.23. The molecule has 5 nitrogen and oxygen atoms in total. The molecule has 2 aromatic rings. The number of nitrogens with zero attached hydrogens (tertiary/aromatic N) is 4. The minimum atomic E-state index is 0.0392. The highest BCUT2D eigenvalue weighted by atomic mass is 32.1. The second-order valence-corrected chi connectivity index (χ2v) is 6.11. The monoisotopic (exact) mass is 304 g/mol. The molecule has 0 saturated carbocycles. The molecule has 3 heterocycles. The van der Waals surface area contributed by atoms with Crippen molar-refractivity contribution in [3.8, 4) is 0 Å². The number of morpholine rings is 1. The fraction of sp³-hybridized carbons (Fsp3) is 0.467. The highest BCUT2D eigenvalue weighted by Gasteiger charge is 2.23. The van der Waals surface area contributed by atoms with Gasteiger partial charge in [-0.1, -0.05) is 6.07 Å². The van der Waals surface area contributed by atoms with Crippen molar-refractivity contribution in [2.45, 2.75) is 12.6 Å². The molecule has 0 spiro atoms. The van der Waals surface area contributed by atoms with Gasteiger partial charge in [-0.05, 0) is 12.1 Å². The van der Waals surface area contributed by atoms with E-state index in [0.29, 0.717) is 0 Å². The fourth-order valence-corrected chi connectivity index (χ4v) is 2.99. The molecule has 0 amide bonds. The third-order valence-corrected chi connectivity index (χ3v) is 4.20. The average molecular weight is 304 g/mol. The van der Waals surface area contributed by atoms with Crippen LogP contribution in [0, 0.1) is 0 Å². The molecular weight excluding hydrogens is 284 g/mol.